The van der Waals surface area contributed by atoms with Gasteiger partial charge >= 0.3 is 0 Å². The van der Waals surface area contributed by atoms with Crippen molar-refractivity contribution in [1.29, 1.82) is 0 Å². The molecule has 4 aromatic rings. The first-order chi connectivity index (χ1) is 13.4. The Kier molecular flexibility index (Phi) is 7.49. The molecule has 0 bridgehead atoms. The van der Waals surface area contributed by atoms with Crippen molar-refractivity contribution in [2.75, 3.05) is 0 Å². The van der Waals surface area contributed by atoms with Gasteiger partial charge in [0.25, 0.3) is 0 Å². The fraction of sp³-hybridized carbons (Fsp3) is 0.167. The second-order valence-electron chi connectivity index (χ2n) is 6.77. The minimum absolute atomic E-state index is 0. The zero-order chi connectivity index (χ0) is 20.3. The predicted octanol–water partition coefficient (Wildman–Crippen LogP) is 6.10. The average Bonchev–Trinajstić information content (AvgIpc) is 3.11. The Bertz CT molecular complexity index is 1190. The van der Waals surface area contributed by atoms with Crippen LogP contribution in [0, 0.1) is 19.9 Å². The normalized spacial score (nSPS) is 11.0. The van der Waals surface area contributed by atoms with Crippen LogP contribution in [-0.4, -0.2) is 15.9 Å². The van der Waals surface area contributed by atoms with Crippen molar-refractivity contribution in [2.45, 2.75) is 27.7 Å². The molecule has 0 aliphatic carbocycles. The van der Waals surface area contributed by atoms with E-state index in [4.69, 9.17) is 14.5 Å². The number of hydrogen-bond acceptors (Lipinski definition) is 4. The van der Waals surface area contributed by atoms with Crippen LogP contribution in [0.25, 0.3) is 33.1 Å². The molecule has 4 nitrogen and oxygen atoms in total. The van der Waals surface area contributed by atoms with Gasteiger partial charge in [-0.05, 0) is 32.0 Å². The van der Waals surface area contributed by atoms with Gasteiger partial charge in [-0.2, -0.15) is 0 Å². The maximum Gasteiger partial charge on any atom is 0.155 e. The molecule has 0 saturated carbocycles. The van der Waals surface area contributed by atoms with Gasteiger partial charge in [0, 0.05) is 42.6 Å². The molecular formula is C24H22IrNO3-. The van der Waals surface area contributed by atoms with Gasteiger partial charge in [-0.25, -0.2) is 0 Å². The number of allylic oxidation sites excluding steroid dienone is 2. The van der Waals surface area contributed by atoms with Gasteiger partial charge in [0.2, 0.25) is 0 Å². The number of aliphatic hydroxyl groups is 1. The molecule has 1 N–H and O–H groups in total. The molecule has 151 valence electrons. The summed E-state index contributed by atoms with van der Waals surface area (Å²) in [5, 5.41) is 10.4. The number of rotatable bonds is 2. The van der Waals surface area contributed by atoms with Crippen LogP contribution in [0.3, 0.4) is 0 Å². The van der Waals surface area contributed by atoms with Gasteiger partial charge in [0.1, 0.15) is 5.58 Å². The molecule has 0 atom stereocenters. The molecule has 29 heavy (non-hydrogen) atoms. The van der Waals surface area contributed by atoms with Crippen molar-refractivity contribution in [2.24, 2.45) is 0 Å². The van der Waals surface area contributed by atoms with E-state index < -0.39 is 0 Å². The third kappa shape index (κ3) is 5.20. The third-order valence-corrected chi connectivity index (χ3v) is 4.23. The van der Waals surface area contributed by atoms with Gasteiger partial charge in [-0.3, -0.25) is 9.78 Å². The summed E-state index contributed by atoms with van der Waals surface area (Å²) in [6.07, 6.45) is 2.89. The number of ketones is 1. The van der Waals surface area contributed by atoms with Gasteiger partial charge in [-0.1, -0.05) is 26.0 Å². The molecule has 5 heteroatoms. The monoisotopic (exact) mass is 565 g/mol. The molecule has 0 amide bonds. The van der Waals surface area contributed by atoms with Crippen LogP contribution in [0.5, 0.6) is 0 Å². The van der Waals surface area contributed by atoms with E-state index in [-0.39, 0.29) is 31.6 Å². The number of furan rings is 1. The number of pyridine rings is 1. The Balaban J connectivity index is 0.000000327. The first kappa shape index (κ1) is 22.5. The maximum absolute atomic E-state index is 10.0. The molecule has 0 unspecified atom stereocenters. The number of fused-ring (bicyclic) bond motifs is 3. The van der Waals surface area contributed by atoms with Crippen molar-refractivity contribution in [3.05, 3.63) is 77.8 Å². The number of hydrogen-bond donors (Lipinski definition) is 1. The third-order valence-electron chi connectivity index (χ3n) is 4.23. The van der Waals surface area contributed by atoms with E-state index in [9.17, 15) is 4.79 Å². The van der Waals surface area contributed by atoms with E-state index in [1.807, 2.05) is 36.4 Å². The van der Waals surface area contributed by atoms with Crippen LogP contribution in [0.15, 0.2) is 65.0 Å². The molecule has 2 aromatic carbocycles. The summed E-state index contributed by atoms with van der Waals surface area (Å²) in [7, 11) is 0. The van der Waals surface area contributed by atoms with Gasteiger partial charge < -0.3 is 9.52 Å². The summed E-state index contributed by atoms with van der Waals surface area (Å²) in [6.45, 7) is 7.03. The van der Waals surface area contributed by atoms with Crippen molar-refractivity contribution in [3.63, 3.8) is 0 Å². The second kappa shape index (κ2) is 9.64. The Hall–Kier alpha value is -2.75. The zero-order valence-corrected chi connectivity index (χ0v) is 19.1. The Morgan fingerprint density at radius 1 is 1.14 bits per heavy atom. The summed E-state index contributed by atoms with van der Waals surface area (Å²) in [6, 6.07) is 17.6. The number of aryl methyl sites for hydroxylation is 2. The fourth-order valence-electron chi connectivity index (χ4n) is 3.14. The first-order valence-electron chi connectivity index (χ1n) is 9.00. The molecule has 1 radical (unpaired) electrons. The standard InChI is InChI=1S/C19H14NO.C5H8O2.Ir/c1-12-7-8-14(13(2)11-12)18-16-9-10-21-19(16)15-5-3-4-6-17(15)20-18;1-4(6)3-5(2)7;/h3-7,9-11H,1-2H3;3,6H,1-2H3;/q-1;;/b;4-3-;. The quantitative estimate of drug-likeness (QED) is 0.182. The number of para-hydroxylation sites is 1. The van der Waals surface area contributed by atoms with Crippen LogP contribution >= 0.6 is 0 Å². The fourth-order valence-corrected chi connectivity index (χ4v) is 3.14. The Labute approximate surface area is 183 Å². The van der Waals surface area contributed by atoms with Gasteiger partial charge in [0.05, 0.1) is 17.5 Å². The smallest absolute Gasteiger partial charge is 0.155 e. The number of nitrogens with zero attached hydrogens (tertiary/aromatic N) is 1. The summed E-state index contributed by atoms with van der Waals surface area (Å²) in [5.41, 5.74) is 6.21. The van der Waals surface area contributed by atoms with Crippen LogP contribution < -0.4 is 0 Å². The molecule has 4 rings (SSSR count). The number of carbonyl (C=O) groups excluding carboxylic acids is 1. The maximum atomic E-state index is 10.0. The van der Waals surface area contributed by atoms with E-state index in [0.717, 1.165) is 33.1 Å². The summed E-state index contributed by atoms with van der Waals surface area (Å²) >= 11 is 0. The molecule has 0 saturated heterocycles. The van der Waals surface area contributed by atoms with E-state index in [0.29, 0.717) is 0 Å². The van der Waals surface area contributed by atoms with Crippen LogP contribution in [0.2, 0.25) is 0 Å². The first-order valence-corrected chi connectivity index (χ1v) is 9.00. The van der Waals surface area contributed by atoms with Crippen molar-refractivity contribution in [3.8, 4) is 11.3 Å². The number of aromatic nitrogens is 1. The summed E-state index contributed by atoms with van der Waals surface area (Å²) in [4.78, 5) is 14.9. The SMILES string of the molecule is CC(=O)/C=C(/C)O.Cc1c[c-]c(-c2nc3ccccc3c3occc23)c(C)c1.[Ir]. The summed E-state index contributed by atoms with van der Waals surface area (Å²) < 4.78 is 5.70. The van der Waals surface area contributed by atoms with Gasteiger partial charge in [-0.15, -0.1) is 34.9 Å². The van der Waals surface area contributed by atoms with E-state index in [1.165, 1.54) is 31.1 Å². The Morgan fingerprint density at radius 2 is 1.86 bits per heavy atom. The second-order valence-corrected chi connectivity index (χ2v) is 6.77. The van der Waals surface area contributed by atoms with E-state index >= 15 is 0 Å². The van der Waals surface area contributed by atoms with Crippen molar-refractivity contribution < 1.29 is 34.4 Å². The van der Waals surface area contributed by atoms with Gasteiger partial charge in [0.15, 0.2) is 5.78 Å². The average molecular weight is 565 g/mol. The zero-order valence-electron chi connectivity index (χ0n) is 16.7. The van der Waals surface area contributed by atoms with Crippen molar-refractivity contribution in [1.82, 2.24) is 4.98 Å². The van der Waals surface area contributed by atoms with Crippen LogP contribution in [-0.2, 0) is 24.9 Å². The minimum Gasteiger partial charge on any atom is -0.512 e. The van der Waals surface area contributed by atoms with Crippen LogP contribution in [0.1, 0.15) is 25.0 Å². The topological polar surface area (TPSA) is 63.3 Å². The molecule has 0 aliphatic rings. The molecule has 2 heterocycles. The Morgan fingerprint density at radius 3 is 2.48 bits per heavy atom. The molecular weight excluding hydrogens is 542 g/mol. The minimum atomic E-state index is -0.125. The van der Waals surface area contributed by atoms with Crippen LogP contribution in [0.4, 0.5) is 0 Å². The van der Waals surface area contributed by atoms with E-state index in [2.05, 4.69) is 26.0 Å². The molecule has 0 fully saturated rings. The van der Waals surface area contributed by atoms with E-state index in [1.54, 1.807) is 6.26 Å². The number of benzene rings is 2. The number of aliphatic hydroxyl groups excluding tert-OH is 1. The van der Waals surface area contributed by atoms with Crippen molar-refractivity contribution >= 4 is 27.7 Å². The molecule has 0 spiro atoms. The number of carbonyl (C=O) groups is 1. The molecule has 0 aliphatic heterocycles. The predicted molar refractivity (Wildman–Crippen MR) is 112 cm³/mol. The summed E-state index contributed by atoms with van der Waals surface area (Å²) in [5.74, 6) is -0.0625. The largest absolute Gasteiger partial charge is 0.512 e. The molecule has 2 aromatic heterocycles.